The first-order chi connectivity index (χ1) is 9.91. The molecule has 0 aliphatic carbocycles. The third kappa shape index (κ3) is 6.01. The van der Waals surface area contributed by atoms with Crippen LogP contribution in [0.5, 0.6) is 0 Å². The Morgan fingerprint density at radius 1 is 1.10 bits per heavy atom. The van der Waals surface area contributed by atoms with E-state index in [-0.39, 0.29) is 18.4 Å². The van der Waals surface area contributed by atoms with E-state index in [1.54, 1.807) is 18.7 Å². The maximum absolute atomic E-state index is 12.0. The minimum atomic E-state index is -1.08. The van der Waals surface area contributed by atoms with Gasteiger partial charge in [-0.25, -0.2) is 9.59 Å². The van der Waals surface area contributed by atoms with Crippen LogP contribution in [-0.4, -0.2) is 53.6 Å². The van der Waals surface area contributed by atoms with E-state index >= 15 is 0 Å². The fourth-order valence-corrected chi connectivity index (χ4v) is 2.29. The van der Waals surface area contributed by atoms with Crippen molar-refractivity contribution >= 4 is 17.9 Å². The summed E-state index contributed by atoms with van der Waals surface area (Å²) in [4.78, 5) is 36.4. The van der Waals surface area contributed by atoms with Crippen LogP contribution in [-0.2, 0) is 9.59 Å². The van der Waals surface area contributed by atoms with Crippen molar-refractivity contribution in [1.29, 1.82) is 0 Å². The van der Waals surface area contributed by atoms with Crippen molar-refractivity contribution in [2.24, 2.45) is 5.92 Å². The van der Waals surface area contributed by atoms with Gasteiger partial charge in [0.2, 0.25) is 5.91 Å². The largest absolute Gasteiger partial charge is 0.480 e. The molecular weight excluding hydrogens is 274 g/mol. The highest BCUT2D eigenvalue weighted by Crippen LogP contribution is 2.09. The van der Waals surface area contributed by atoms with Crippen molar-refractivity contribution in [1.82, 2.24) is 15.5 Å². The van der Waals surface area contributed by atoms with Gasteiger partial charge in [0.1, 0.15) is 6.04 Å². The Labute approximate surface area is 125 Å². The summed E-state index contributed by atoms with van der Waals surface area (Å²) in [5.74, 6) is -1.43. The number of rotatable bonds is 5. The Balaban J connectivity index is 2.37. The Morgan fingerprint density at radius 3 is 2.14 bits per heavy atom. The molecule has 0 spiro atoms. The van der Waals surface area contributed by atoms with Crippen LogP contribution in [0, 0.1) is 5.92 Å². The Hall–Kier alpha value is -1.79. The van der Waals surface area contributed by atoms with E-state index < -0.39 is 18.0 Å². The molecule has 0 aromatic heterocycles. The molecule has 1 saturated heterocycles. The lowest BCUT2D eigenvalue weighted by atomic mass is 10.1. The quantitative estimate of drug-likeness (QED) is 0.699. The zero-order valence-corrected chi connectivity index (χ0v) is 12.7. The first-order valence-corrected chi connectivity index (χ1v) is 7.46. The van der Waals surface area contributed by atoms with Crippen LogP contribution in [0.25, 0.3) is 0 Å². The highest BCUT2D eigenvalue weighted by atomic mass is 16.4. The van der Waals surface area contributed by atoms with Crippen molar-refractivity contribution < 1.29 is 19.5 Å². The first kappa shape index (κ1) is 17.3. The Bertz CT molecular complexity index is 376. The van der Waals surface area contributed by atoms with E-state index in [9.17, 15) is 14.4 Å². The molecular formula is C14H25N3O4. The zero-order chi connectivity index (χ0) is 15.8. The molecule has 0 aromatic carbocycles. The fraction of sp³-hybridized carbons (Fsp3) is 0.786. The second kappa shape index (κ2) is 8.49. The molecule has 0 bridgehead atoms. The summed E-state index contributed by atoms with van der Waals surface area (Å²) in [7, 11) is 0. The molecule has 1 rings (SSSR count). The van der Waals surface area contributed by atoms with Gasteiger partial charge in [-0.05, 0) is 18.8 Å². The molecule has 120 valence electrons. The van der Waals surface area contributed by atoms with Gasteiger partial charge in [-0.15, -0.1) is 0 Å². The predicted octanol–water partition coefficient (Wildman–Crippen LogP) is 0.797. The molecule has 1 aliphatic heterocycles. The average molecular weight is 299 g/mol. The number of likely N-dealkylation sites (tertiary alicyclic amines) is 1. The van der Waals surface area contributed by atoms with Gasteiger partial charge in [0.25, 0.3) is 0 Å². The normalized spacial score (nSPS) is 17.0. The van der Waals surface area contributed by atoms with Crippen LogP contribution < -0.4 is 10.6 Å². The number of aliphatic carboxylic acids is 1. The number of hydrogen-bond acceptors (Lipinski definition) is 3. The van der Waals surface area contributed by atoms with Crippen LogP contribution in [0.2, 0.25) is 0 Å². The molecule has 1 fully saturated rings. The van der Waals surface area contributed by atoms with E-state index in [1.165, 1.54) is 0 Å². The van der Waals surface area contributed by atoms with E-state index in [1.807, 2.05) is 0 Å². The summed E-state index contributed by atoms with van der Waals surface area (Å²) in [6.07, 6.45) is 4.25. The minimum Gasteiger partial charge on any atom is -0.480 e. The summed E-state index contributed by atoms with van der Waals surface area (Å²) >= 11 is 0. The van der Waals surface area contributed by atoms with Crippen LogP contribution in [0.15, 0.2) is 0 Å². The van der Waals surface area contributed by atoms with E-state index in [0.717, 1.165) is 38.8 Å². The molecule has 1 aliphatic rings. The minimum absolute atomic E-state index is 0.101. The summed E-state index contributed by atoms with van der Waals surface area (Å²) in [6, 6.07) is -1.59. The van der Waals surface area contributed by atoms with Gasteiger partial charge in [0.05, 0.1) is 6.54 Å². The Kier molecular flexibility index (Phi) is 6.98. The molecule has 1 unspecified atom stereocenters. The lowest BCUT2D eigenvalue weighted by Crippen LogP contribution is -2.50. The number of amides is 3. The highest BCUT2D eigenvalue weighted by molar-refractivity contribution is 5.86. The van der Waals surface area contributed by atoms with Crippen LogP contribution in [0.3, 0.4) is 0 Å². The maximum atomic E-state index is 12.0. The lowest BCUT2D eigenvalue weighted by Gasteiger charge is -2.21. The van der Waals surface area contributed by atoms with E-state index in [4.69, 9.17) is 5.11 Å². The second-order valence-corrected chi connectivity index (χ2v) is 5.68. The van der Waals surface area contributed by atoms with Gasteiger partial charge >= 0.3 is 12.0 Å². The van der Waals surface area contributed by atoms with E-state index in [0.29, 0.717) is 0 Å². The molecule has 7 heteroatoms. The number of carboxylic acids is 1. The first-order valence-electron chi connectivity index (χ1n) is 7.46. The molecule has 1 atom stereocenters. The molecule has 0 saturated carbocycles. The SMILES string of the molecule is CC(C)C(NC(=O)NCC(=O)N1CCCCCC1)C(=O)O. The van der Waals surface area contributed by atoms with Gasteiger partial charge in [0, 0.05) is 13.1 Å². The third-order valence-electron chi connectivity index (χ3n) is 3.58. The number of nitrogens with zero attached hydrogens (tertiary/aromatic N) is 1. The van der Waals surface area contributed by atoms with Gasteiger partial charge in [0.15, 0.2) is 0 Å². The molecule has 7 nitrogen and oxygen atoms in total. The summed E-state index contributed by atoms with van der Waals surface area (Å²) in [5, 5.41) is 13.8. The summed E-state index contributed by atoms with van der Waals surface area (Å²) in [5.41, 5.74) is 0. The maximum Gasteiger partial charge on any atom is 0.326 e. The van der Waals surface area contributed by atoms with Gasteiger partial charge in [-0.1, -0.05) is 26.7 Å². The number of carbonyl (C=O) groups is 3. The summed E-state index contributed by atoms with van der Waals surface area (Å²) in [6.45, 7) is 4.77. The summed E-state index contributed by atoms with van der Waals surface area (Å²) < 4.78 is 0. The fourth-order valence-electron chi connectivity index (χ4n) is 2.29. The van der Waals surface area contributed by atoms with Crippen molar-refractivity contribution in [2.45, 2.75) is 45.6 Å². The van der Waals surface area contributed by atoms with E-state index in [2.05, 4.69) is 10.6 Å². The number of hydrogen-bond donors (Lipinski definition) is 3. The molecule has 3 amide bonds. The lowest BCUT2D eigenvalue weighted by molar-refractivity contribution is -0.140. The molecule has 0 aromatic rings. The number of nitrogens with one attached hydrogen (secondary N) is 2. The molecule has 3 N–H and O–H groups in total. The van der Waals surface area contributed by atoms with Crippen molar-refractivity contribution in [3.63, 3.8) is 0 Å². The standard InChI is InChI=1S/C14H25N3O4/c1-10(2)12(13(19)20)16-14(21)15-9-11(18)17-7-5-3-4-6-8-17/h10,12H,3-9H2,1-2H3,(H,19,20)(H2,15,16,21). The molecule has 0 radical (unpaired) electrons. The topological polar surface area (TPSA) is 98.7 Å². The monoisotopic (exact) mass is 299 g/mol. The van der Waals surface area contributed by atoms with Crippen LogP contribution in [0.4, 0.5) is 4.79 Å². The van der Waals surface area contributed by atoms with Crippen LogP contribution >= 0.6 is 0 Å². The molecule has 21 heavy (non-hydrogen) atoms. The van der Waals surface area contributed by atoms with Crippen molar-refractivity contribution in [3.8, 4) is 0 Å². The zero-order valence-electron chi connectivity index (χ0n) is 12.7. The van der Waals surface area contributed by atoms with Crippen molar-refractivity contribution in [2.75, 3.05) is 19.6 Å². The van der Waals surface area contributed by atoms with Gasteiger partial charge < -0.3 is 20.6 Å². The van der Waals surface area contributed by atoms with Gasteiger partial charge in [-0.2, -0.15) is 0 Å². The second-order valence-electron chi connectivity index (χ2n) is 5.68. The van der Waals surface area contributed by atoms with Crippen LogP contribution in [0.1, 0.15) is 39.5 Å². The highest BCUT2D eigenvalue weighted by Gasteiger charge is 2.24. The average Bonchev–Trinajstić information content (AvgIpc) is 2.70. The molecule has 1 heterocycles. The predicted molar refractivity (Wildman–Crippen MR) is 77.8 cm³/mol. The number of carbonyl (C=O) groups excluding carboxylic acids is 2. The van der Waals surface area contributed by atoms with Gasteiger partial charge in [-0.3, -0.25) is 4.79 Å². The third-order valence-corrected chi connectivity index (χ3v) is 3.58. The number of urea groups is 1. The number of carboxylic acid groups (broad SMARTS) is 1. The smallest absolute Gasteiger partial charge is 0.326 e. The Morgan fingerprint density at radius 2 is 1.67 bits per heavy atom. The van der Waals surface area contributed by atoms with Crippen molar-refractivity contribution in [3.05, 3.63) is 0 Å².